The van der Waals surface area contributed by atoms with Crippen molar-refractivity contribution in [2.75, 3.05) is 5.32 Å². The Labute approximate surface area is 130 Å². The molecule has 2 N–H and O–H groups in total. The van der Waals surface area contributed by atoms with Gasteiger partial charge in [-0.25, -0.2) is 0 Å². The minimum atomic E-state index is -5.04. The maximum absolute atomic E-state index is 12.7. The van der Waals surface area contributed by atoms with E-state index in [-0.39, 0.29) is 6.07 Å². The highest BCUT2D eigenvalue weighted by Crippen LogP contribution is 2.37. The van der Waals surface area contributed by atoms with E-state index in [9.17, 15) is 35.9 Å². The molecule has 0 unspecified atom stereocenters. The number of anilines is 1. The number of amides is 1. The van der Waals surface area contributed by atoms with Crippen molar-refractivity contribution in [2.24, 2.45) is 0 Å². The number of alkyl halides is 6. The molecule has 0 fully saturated rings. The van der Waals surface area contributed by atoms with E-state index in [4.69, 9.17) is 0 Å². The second-order valence-corrected chi connectivity index (χ2v) is 4.66. The van der Waals surface area contributed by atoms with Crippen LogP contribution in [0.4, 0.5) is 32.0 Å². The van der Waals surface area contributed by atoms with Crippen molar-refractivity contribution in [1.82, 2.24) is 4.98 Å². The fourth-order valence-electron chi connectivity index (χ4n) is 1.83. The summed E-state index contributed by atoms with van der Waals surface area (Å²) in [6.07, 6.45) is -8.86. The lowest BCUT2D eigenvalue weighted by molar-refractivity contribution is -0.143. The molecule has 0 radical (unpaired) electrons. The first-order valence-electron chi connectivity index (χ1n) is 6.27. The molecule has 1 heterocycles. The lowest BCUT2D eigenvalue weighted by Gasteiger charge is -2.14. The van der Waals surface area contributed by atoms with Crippen molar-refractivity contribution in [3.05, 3.63) is 63.6 Å². The van der Waals surface area contributed by atoms with E-state index in [0.29, 0.717) is 12.1 Å². The van der Waals surface area contributed by atoms with E-state index in [1.54, 1.807) is 0 Å². The molecular formula is C14H8F6N2O2. The number of carbonyl (C=O) groups excluding carboxylic acids is 1. The number of aromatic nitrogens is 1. The predicted molar refractivity (Wildman–Crippen MR) is 71.5 cm³/mol. The van der Waals surface area contributed by atoms with E-state index < -0.39 is 46.2 Å². The molecule has 1 aromatic heterocycles. The minimum absolute atomic E-state index is 0.0645. The summed E-state index contributed by atoms with van der Waals surface area (Å²) < 4.78 is 76.4. The Morgan fingerprint density at radius 1 is 0.958 bits per heavy atom. The maximum atomic E-state index is 12.7. The Balaban J connectivity index is 2.45. The molecule has 0 atom stereocenters. The lowest BCUT2D eigenvalue weighted by atomic mass is 10.1. The molecule has 0 saturated heterocycles. The average Bonchev–Trinajstić information content (AvgIpc) is 2.45. The molecule has 0 saturated carbocycles. The monoisotopic (exact) mass is 350 g/mol. The molecule has 0 aliphatic rings. The molecule has 2 aromatic rings. The first-order valence-corrected chi connectivity index (χ1v) is 6.27. The number of hydrogen-bond donors (Lipinski definition) is 2. The molecule has 0 aliphatic heterocycles. The molecule has 0 bridgehead atoms. The van der Waals surface area contributed by atoms with Gasteiger partial charge in [0.15, 0.2) is 0 Å². The van der Waals surface area contributed by atoms with Crippen LogP contribution in [0.5, 0.6) is 0 Å². The Kier molecular flexibility index (Phi) is 4.41. The van der Waals surface area contributed by atoms with Gasteiger partial charge in [0.1, 0.15) is 5.56 Å². The van der Waals surface area contributed by atoms with Crippen LogP contribution >= 0.6 is 0 Å². The molecule has 4 nitrogen and oxygen atoms in total. The number of nitrogens with one attached hydrogen (secondary N) is 2. The number of rotatable bonds is 2. The number of halogens is 6. The Hall–Kier alpha value is -2.78. The van der Waals surface area contributed by atoms with Crippen molar-refractivity contribution in [3.63, 3.8) is 0 Å². The van der Waals surface area contributed by atoms with Crippen LogP contribution in [0.1, 0.15) is 21.5 Å². The summed E-state index contributed by atoms with van der Waals surface area (Å²) in [5.41, 5.74) is -5.17. The Morgan fingerprint density at radius 2 is 1.50 bits per heavy atom. The van der Waals surface area contributed by atoms with E-state index in [1.807, 2.05) is 5.32 Å². The standard InChI is InChI=1S/C14H8F6N2O2/c15-13(16,17)7-4-8(14(18,19)20)6-9(5-7)22-12(24)10-2-1-3-21-11(10)23/h1-6H,(H,21,23)(H,22,24). The lowest BCUT2D eigenvalue weighted by Crippen LogP contribution is -2.23. The summed E-state index contributed by atoms with van der Waals surface area (Å²) in [7, 11) is 0. The van der Waals surface area contributed by atoms with Crippen LogP contribution in [0.15, 0.2) is 41.3 Å². The van der Waals surface area contributed by atoms with E-state index in [2.05, 4.69) is 4.98 Å². The van der Waals surface area contributed by atoms with Crippen molar-refractivity contribution in [2.45, 2.75) is 12.4 Å². The number of hydrogen-bond acceptors (Lipinski definition) is 2. The molecule has 2 rings (SSSR count). The fourth-order valence-corrected chi connectivity index (χ4v) is 1.83. The van der Waals surface area contributed by atoms with Gasteiger partial charge in [-0.15, -0.1) is 0 Å². The first kappa shape index (κ1) is 17.6. The van der Waals surface area contributed by atoms with Gasteiger partial charge in [0, 0.05) is 11.9 Å². The number of pyridine rings is 1. The smallest absolute Gasteiger partial charge is 0.328 e. The highest BCUT2D eigenvalue weighted by atomic mass is 19.4. The minimum Gasteiger partial charge on any atom is -0.328 e. The second-order valence-electron chi connectivity index (χ2n) is 4.66. The molecule has 128 valence electrons. The highest BCUT2D eigenvalue weighted by Gasteiger charge is 2.37. The summed E-state index contributed by atoms with van der Waals surface area (Å²) in [6, 6.07) is 3.00. The molecular weight excluding hydrogens is 342 g/mol. The average molecular weight is 350 g/mol. The first-order chi connectivity index (χ1) is 11.0. The molecule has 10 heteroatoms. The number of carbonyl (C=O) groups is 1. The summed E-state index contributed by atoms with van der Waals surface area (Å²) in [4.78, 5) is 25.5. The zero-order chi connectivity index (χ0) is 18.1. The summed E-state index contributed by atoms with van der Waals surface area (Å²) in [6.45, 7) is 0. The van der Waals surface area contributed by atoms with Gasteiger partial charge >= 0.3 is 12.4 Å². The van der Waals surface area contributed by atoms with Gasteiger partial charge in [0.25, 0.3) is 11.5 Å². The van der Waals surface area contributed by atoms with Crippen molar-refractivity contribution < 1.29 is 31.1 Å². The predicted octanol–water partition coefficient (Wildman–Crippen LogP) is 3.66. The van der Waals surface area contributed by atoms with Gasteiger partial charge in [-0.2, -0.15) is 26.3 Å². The van der Waals surface area contributed by atoms with Crippen molar-refractivity contribution >= 4 is 11.6 Å². The van der Waals surface area contributed by atoms with Gasteiger partial charge in [-0.3, -0.25) is 9.59 Å². The van der Waals surface area contributed by atoms with Gasteiger partial charge in [0.05, 0.1) is 11.1 Å². The van der Waals surface area contributed by atoms with Crippen LogP contribution in [-0.2, 0) is 12.4 Å². The van der Waals surface area contributed by atoms with Crippen LogP contribution in [0.2, 0.25) is 0 Å². The van der Waals surface area contributed by atoms with E-state index in [0.717, 1.165) is 6.07 Å². The van der Waals surface area contributed by atoms with Crippen LogP contribution in [0.3, 0.4) is 0 Å². The number of H-pyrrole nitrogens is 1. The largest absolute Gasteiger partial charge is 0.416 e. The summed E-state index contributed by atoms with van der Waals surface area (Å²) >= 11 is 0. The molecule has 0 spiro atoms. The zero-order valence-electron chi connectivity index (χ0n) is 11.5. The van der Waals surface area contributed by atoms with Crippen LogP contribution in [0.25, 0.3) is 0 Å². The third-order valence-corrected chi connectivity index (χ3v) is 2.91. The summed E-state index contributed by atoms with van der Waals surface area (Å²) in [5.74, 6) is -1.13. The maximum Gasteiger partial charge on any atom is 0.416 e. The third kappa shape index (κ3) is 3.94. The van der Waals surface area contributed by atoms with Gasteiger partial charge < -0.3 is 10.3 Å². The molecule has 1 amide bonds. The Morgan fingerprint density at radius 3 is 1.96 bits per heavy atom. The normalized spacial score (nSPS) is 12.1. The zero-order valence-corrected chi connectivity index (χ0v) is 11.5. The van der Waals surface area contributed by atoms with Crippen molar-refractivity contribution in [1.29, 1.82) is 0 Å². The third-order valence-electron chi connectivity index (χ3n) is 2.91. The quantitative estimate of drug-likeness (QED) is 0.812. The topological polar surface area (TPSA) is 62.0 Å². The van der Waals surface area contributed by atoms with Crippen LogP contribution in [0, 0.1) is 0 Å². The second kappa shape index (κ2) is 6.02. The van der Waals surface area contributed by atoms with Crippen LogP contribution < -0.4 is 10.9 Å². The highest BCUT2D eigenvalue weighted by molar-refractivity contribution is 6.04. The number of benzene rings is 1. The SMILES string of the molecule is O=C(Nc1cc(C(F)(F)F)cc(C(F)(F)F)c1)c1ccc[nH]c1=O. The van der Waals surface area contributed by atoms with E-state index >= 15 is 0 Å². The van der Waals surface area contributed by atoms with Crippen molar-refractivity contribution in [3.8, 4) is 0 Å². The van der Waals surface area contributed by atoms with Gasteiger partial charge in [-0.05, 0) is 30.3 Å². The molecule has 24 heavy (non-hydrogen) atoms. The Bertz CT molecular complexity index is 791. The van der Waals surface area contributed by atoms with Gasteiger partial charge in [0.2, 0.25) is 0 Å². The fraction of sp³-hybridized carbons (Fsp3) is 0.143. The summed E-state index contributed by atoms with van der Waals surface area (Å²) in [5, 5.41) is 1.87. The molecule has 0 aliphatic carbocycles. The van der Waals surface area contributed by atoms with Crippen LogP contribution in [-0.4, -0.2) is 10.9 Å². The molecule has 1 aromatic carbocycles. The van der Waals surface area contributed by atoms with E-state index in [1.165, 1.54) is 12.3 Å². The number of aromatic amines is 1. The van der Waals surface area contributed by atoms with Gasteiger partial charge in [-0.1, -0.05) is 0 Å².